The highest BCUT2D eigenvalue weighted by Gasteiger charge is 2.18. The quantitative estimate of drug-likeness (QED) is 0.844. The molecule has 2 aromatic carbocycles. The zero-order valence-electron chi connectivity index (χ0n) is 12.6. The minimum absolute atomic E-state index is 0.173. The maximum Gasteiger partial charge on any atom is 0.266 e. The summed E-state index contributed by atoms with van der Waals surface area (Å²) < 4.78 is 24.7. The molecule has 3 rings (SSSR count). The first-order valence-corrected chi connectivity index (χ1v) is 9.03. The van der Waals surface area contributed by atoms with Crippen LogP contribution in [-0.2, 0) is 22.9 Å². The number of amides is 1. The van der Waals surface area contributed by atoms with Crippen molar-refractivity contribution in [3.8, 4) is 0 Å². The van der Waals surface area contributed by atoms with Gasteiger partial charge in [-0.15, -0.1) is 4.83 Å². The molecule has 0 radical (unpaired) electrons. The molecule has 1 aliphatic carbocycles. The first kappa shape index (κ1) is 15.7. The summed E-state index contributed by atoms with van der Waals surface area (Å²) in [7, 11) is -3.78. The Bertz CT molecular complexity index is 817. The Balaban J connectivity index is 1.73. The molecule has 5 nitrogen and oxygen atoms in total. The summed E-state index contributed by atoms with van der Waals surface area (Å²) in [5.74, 6) is -0.493. The van der Waals surface area contributed by atoms with E-state index in [-0.39, 0.29) is 4.90 Å². The molecular weight excluding hydrogens is 312 g/mol. The Labute approximate surface area is 135 Å². The second-order valence-corrected chi connectivity index (χ2v) is 7.25. The Morgan fingerprint density at radius 1 is 0.913 bits per heavy atom. The fourth-order valence-corrected chi connectivity index (χ4v) is 3.60. The molecule has 0 atom stereocenters. The van der Waals surface area contributed by atoms with Gasteiger partial charge in [0.25, 0.3) is 15.9 Å². The lowest BCUT2D eigenvalue weighted by atomic mass is 9.92. The van der Waals surface area contributed by atoms with Crippen molar-refractivity contribution in [3.63, 3.8) is 0 Å². The average Bonchev–Trinajstić information content (AvgIpc) is 2.60. The molecule has 1 aliphatic rings. The summed E-state index contributed by atoms with van der Waals surface area (Å²) in [4.78, 5) is 14.2. The fourth-order valence-electron chi connectivity index (χ4n) is 2.71. The minimum atomic E-state index is -3.78. The van der Waals surface area contributed by atoms with E-state index in [4.69, 9.17) is 0 Å². The van der Waals surface area contributed by atoms with E-state index in [1.165, 1.54) is 5.56 Å². The van der Waals surface area contributed by atoms with E-state index in [1.807, 2.05) is 6.07 Å². The Hall–Kier alpha value is -2.18. The van der Waals surface area contributed by atoms with E-state index in [1.54, 1.807) is 42.5 Å². The molecule has 23 heavy (non-hydrogen) atoms. The fraction of sp³-hybridized carbons (Fsp3) is 0.235. The van der Waals surface area contributed by atoms with E-state index < -0.39 is 15.9 Å². The number of benzene rings is 2. The van der Waals surface area contributed by atoms with Crippen LogP contribution >= 0.6 is 0 Å². The van der Waals surface area contributed by atoms with E-state index in [0.717, 1.165) is 31.2 Å². The molecule has 0 aliphatic heterocycles. The predicted octanol–water partition coefficient (Wildman–Crippen LogP) is 2.19. The van der Waals surface area contributed by atoms with Crippen LogP contribution < -0.4 is 10.3 Å². The van der Waals surface area contributed by atoms with E-state index in [9.17, 15) is 13.2 Å². The van der Waals surface area contributed by atoms with Crippen molar-refractivity contribution in [3.05, 3.63) is 65.2 Å². The van der Waals surface area contributed by atoms with Gasteiger partial charge in [0.2, 0.25) is 0 Å². The molecule has 120 valence electrons. The van der Waals surface area contributed by atoms with Crippen LogP contribution in [0.5, 0.6) is 0 Å². The highest BCUT2D eigenvalue weighted by atomic mass is 32.2. The van der Waals surface area contributed by atoms with Gasteiger partial charge in [0.05, 0.1) is 4.90 Å². The largest absolute Gasteiger partial charge is 0.273 e. The molecular formula is C17H18N2O3S. The van der Waals surface area contributed by atoms with Gasteiger partial charge in [-0.3, -0.25) is 10.2 Å². The topological polar surface area (TPSA) is 75.3 Å². The number of carbonyl (C=O) groups excluding carboxylic acids is 1. The van der Waals surface area contributed by atoms with Gasteiger partial charge in [-0.1, -0.05) is 24.3 Å². The molecule has 2 aromatic rings. The van der Waals surface area contributed by atoms with Crippen LogP contribution in [0.25, 0.3) is 0 Å². The summed E-state index contributed by atoms with van der Waals surface area (Å²) in [5.41, 5.74) is 4.92. The molecule has 0 fully saturated rings. The third-order valence-electron chi connectivity index (χ3n) is 3.97. The van der Waals surface area contributed by atoms with Gasteiger partial charge < -0.3 is 0 Å². The predicted molar refractivity (Wildman–Crippen MR) is 87.3 cm³/mol. The molecule has 0 saturated carbocycles. The number of fused-ring (bicyclic) bond motifs is 1. The van der Waals surface area contributed by atoms with Gasteiger partial charge in [-0.05, 0) is 61.1 Å². The summed E-state index contributed by atoms with van der Waals surface area (Å²) in [6.45, 7) is 0. The van der Waals surface area contributed by atoms with Crippen LogP contribution in [0, 0.1) is 0 Å². The van der Waals surface area contributed by atoms with Crippen molar-refractivity contribution >= 4 is 15.9 Å². The van der Waals surface area contributed by atoms with Gasteiger partial charge in [0, 0.05) is 5.56 Å². The maximum atomic E-state index is 12.3. The van der Waals surface area contributed by atoms with Gasteiger partial charge in [-0.2, -0.15) is 0 Å². The molecule has 1 amide bonds. The summed E-state index contributed by atoms with van der Waals surface area (Å²) in [5, 5.41) is 0. The first-order valence-electron chi connectivity index (χ1n) is 7.55. The zero-order chi connectivity index (χ0) is 16.3. The van der Waals surface area contributed by atoms with Crippen LogP contribution in [0.1, 0.15) is 34.3 Å². The number of sulfonamides is 1. The Kier molecular flexibility index (Phi) is 4.45. The summed E-state index contributed by atoms with van der Waals surface area (Å²) in [6, 6.07) is 13.6. The monoisotopic (exact) mass is 330 g/mol. The van der Waals surface area contributed by atoms with Crippen molar-refractivity contribution in [2.45, 2.75) is 30.6 Å². The smallest absolute Gasteiger partial charge is 0.266 e. The standard InChI is InChI=1S/C17H18N2O3S/c20-17(14-7-2-1-3-8-14)18-19-23(21,22)16-11-10-13-6-4-5-9-15(13)12-16/h1-3,7-8,10-12,19H,4-6,9H2,(H,18,20). The van der Waals surface area contributed by atoms with Gasteiger partial charge in [0.15, 0.2) is 0 Å². The molecule has 6 heteroatoms. The third kappa shape index (κ3) is 3.60. The van der Waals surface area contributed by atoms with Crippen LogP contribution in [0.15, 0.2) is 53.4 Å². The second-order valence-electron chi connectivity index (χ2n) is 5.56. The summed E-state index contributed by atoms with van der Waals surface area (Å²) >= 11 is 0. The lowest BCUT2D eigenvalue weighted by molar-refractivity contribution is 0.0945. The van der Waals surface area contributed by atoms with Gasteiger partial charge >= 0.3 is 0 Å². The number of nitrogens with one attached hydrogen (secondary N) is 2. The van der Waals surface area contributed by atoms with Crippen molar-refractivity contribution in [1.82, 2.24) is 10.3 Å². The lowest BCUT2D eigenvalue weighted by Crippen LogP contribution is -2.41. The van der Waals surface area contributed by atoms with E-state index in [2.05, 4.69) is 10.3 Å². The number of hydrogen-bond acceptors (Lipinski definition) is 3. The summed E-state index contributed by atoms with van der Waals surface area (Å²) in [6.07, 6.45) is 4.11. The highest BCUT2D eigenvalue weighted by Crippen LogP contribution is 2.23. The number of carbonyl (C=O) groups is 1. The number of hydrogen-bond donors (Lipinski definition) is 2. The molecule has 0 bridgehead atoms. The molecule has 0 aromatic heterocycles. The molecule has 0 heterocycles. The van der Waals surface area contributed by atoms with Crippen molar-refractivity contribution in [2.75, 3.05) is 0 Å². The van der Waals surface area contributed by atoms with Crippen molar-refractivity contribution in [2.24, 2.45) is 0 Å². The highest BCUT2D eigenvalue weighted by molar-refractivity contribution is 7.89. The van der Waals surface area contributed by atoms with Crippen LogP contribution in [0.3, 0.4) is 0 Å². The third-order valence-corrected chi connectivity index (χ3v) is 5.21. The number of rotatable bonds is 4. The van der Waals surface area contributed by atoms with Crippen molar-refractivity contribution in [1.29, 1.82) is 0 Å². The number of aryl methyl sites for hydroxylation is 2. The van der Waals surface area contributed by atoms with E-state index >= 15 is 0 Å². The molecule has 2 N–H and O–H groups in total. The number of hydrazine groups is 1. The van der Waals surface area contributed by atoms with Gasteiger partial charge in [-0.25, -0.2) is 8.42 Å². The van der Waals surface area contributed by atoms with Crippen LogP contribution in [-0.4, -0.2) is 14.3 Å². The molecule has 0 unspecified atom stereocenters. The van der Waals surface area contributed by atoms with Crippen molar-refractivity contribution < 1.29 is 13.2 Å². The van der Waals surface area contributed by atoms with E-state index in [0.29, 0.717) is 5.56 Å². The Morgan fingerprint density at radius 2 is 1.61 bits per heavy atom. The molecule has 0 saturated heterocycles. The van der Waals surface area contributed by atoms with Crippen LogP contribution in [0.4, 0.5) is 0 Å². The van der Waals surface area contributed by atoms with Gasteiger partial charge in [0.1, 0.15) is 0 Å². The minimum Gasteiger partial charge on any atom is -0.273 e. The normalized spacial score (nSPS) is 14.1. The molecule has 0 spiro atoms. The SMILES string of the molecule is O=C(NNS(=O)(=O)c1ccc2c(c1)CCCC2)c1ccccc1. The average molecular weight is 330 g/mol. The van der Waals surface area contributed by atoms with Crippen LogP contribution in [0.2, 0.25) is 0 Å². The zero-order valence-corrected chi connectivity index (χ0v) is 13.4. The Morgan fingerprint density at radius 3 is 2.35 bits per heavy atom. The second kappa shape index (κ2) is 6.52. The first-order chi connectivity index (χ1) is 11.1. The maximum absolute atomic E-state index is 12.3. The lowest BCUT2D eigenvalue weighted by Gasteiger charge is -2.17.